The molecular formula is C20H19F2N3O3S. The summed E-state index contributed by atoms with van der Waals surface area (Å²) in [4.78, 5) is 13.0. The minimum Gasteiger partial charge on any atom is -0.504 e. The highest BCUT2D eigenvalue weighted by molar-refractivity contribution is 7.80. The summed E-state index contributed by atoms with van der Waals surface area (Å²) in [5.41, 5.74) is 1.55. The Bertz CT molecular complexity index is 1010. The van der Waals surface area contributed by atoms with E-state index in [0.717, 1.165) is 12.1 Å². The lowest BCUT2D eigenvalue weighted by Crippen LogP contribution is -2.45. The summed E-state index contributed by atoms with van der Waals surface area (Å²) in [5, 5.41) is 18.7. The first-order valence-corrected chi connectivity index (χ1v) is 9.21. The molecule has 1 aliphatic heterocycles. The SMILES string of the molecule is CCOc1cc(C2NC(=S)NC(C)=C2C(=O)Nc2ccc(F)c(F)c2)ccc1O. The molecule has 9 heteroatoms. The predicted octanol–water partition coefficient (Wildman–Crippen LogP) is 3.50. The number of phenolic OH excluding ortho intramolecular Hbond substituents is 1. The van der Waals surface area contributed by atoms with E-state index < -0.39 is 23.6 Å². The summed E-state index contributed by atoms with van der Waals surface area (Å²) in [6.45, 7) is 3.83. The van der Waals surface area contributed by atoms with E-state index in [4.69, 9.17) is 17.0 Å². The lowest BCUT2D eigenvalue weighted by molar-refractivity contribution is -0.113. The topological polar surface area (TPSA) is 82.6 Å². The summed E-state index contributed by atoms with van der Waals surface area (Å²) in [5.74, 6) is -2.34. The highest BCUT2D eigenvalue weighted by Crippen LogP contribution is 2.34. The van der Waals surface area contributed by atoms with Gasteiger partial charge in [0, 0.05) is 17.5 Å². The number of hydrogen-bond acceptors (Lipinski definition) is 4. The molecule has 2 aromatic rings. The van der Waals surface area contributed by atoms with Gasteiger partial charge in [-0.15, -0.1) is 0 Å². The van der Waals surface area contributed by atoms with Gasteiger partial charge in [-0.05, 0) is 55.9 Å². The maximum Gasteiger partial charge on any atom is 0.255 e. The van der Waals surface area contributed by atoms with E-state index in [-0.39, 0.29) is 17.2 Å². The van der Waals surface area contributed by atoms with E-state index in [0.29, 0.717) is 28.6 Å². The van der Waals surface area contributed by atoms with E-state index >= 15 is 0 Å². The second-order valence-corrected chi connectivity index (χ2v) is 6.72. The molecule has 2 aromatic carbocycles. The number of thiocarbonyl (C=S) groups is 1. The molecule has 29 heavy (non-hydrogen) atoms. The maximum atomic E-state index is 13.5. The highest BCUT2D eigenvalue weighted by atomic mass is 32.1. The number of hydrogen-bond donors (Lipinski definition) is 4. The van der Waals surface area contributed by atoms with Gasteiger partial charge in [-0.3, -0.25) is 4.79 Å². The van der Waals surface area contributed by atoms with E-state index in [1.54, 1.807) is 26.0 Å². The van der Waals surface area contributed by atoms with Gasteiger partial charge in [-0.25, -0.2) is 8.78 Å². The largest absolute Gasteiger partial charge is 0.504 e. The summed E-state index contributed by atoms with van der Waals surface area (Å²) in [6.07, 6.45) is 0. The molecule has 0 aliphatic carbocycles. The fourth-order valence-electron chi connectivity index (χ4n) is 3.00. The number of anilines is 1. The molecule has 1 atom stereocenters. The third-order valence-electron chi connectivity index (χ3n) is 4.31. The quantitative estimate of drug-likeness (QED) is 0.556. The summed E-state index contributed by atoms with van der Waals surface area (Å²) < 4.78 is 32.0. The van der Waals surface area contributed by atoms with Crippen molar-refractivity contribution in [2.24, 2.45) is 0 Å². The Labute approximate surface area is 171 Å². The van der Waals surface area contributed by atoms with Crippen LogP contribution in [0.3, 0.4) is 0 Å². The fourth-order valence-corrected chi connectivity index (χ4v) is 3.27. The van der Waals surface area contributed by atoms with Crippen LogP contribution in [0.5, 0.6) is 11.5 Å². The van der Waals surface area contributed by atoms with Gasteiger partial charge in [0.25, 0.3) is 5.91 Å². The number of rotatable bonds is 5. The molecule has 1 unspecified atom stereocenters. The Morgan fingerprint density at radius 2 is 2.00 bits per heavy atom. The zero-order chi connectivity index (χ0) is 21.1. The van der Waals surface area contributed by atoms with Gasteiger partial charge in [-0.2, -0.15) is 0 Å². The van der Waals surface area contributed by atoms with E-state index in [9.17, 15) is 18.7 Å². The number of allylic oxidation sites excluding steroid dienone is 1. The first kappa shape index (κ1) is 20.5. The maximum absolute atomic E-state index is 13.5. The second-order valence-electron chi connectivity index (χ2n) is 6.31. The van der Waals surface area contributed by atoms with E-state index in [1.807, 2.05) is 0 Å². The van der Waals surface area contributed by atoms with Crippen LogP contribution in [0.4, 0.5) is 14.5 Å². The van der Waals surface area contributed by atoms with Gasteiger partial charge in [0.15, 0.2) is 28.2 Å². The number of ether oxygens (including phenoxy) is 1. The number of benzene rings is 2. The van der Waals surface area contributed by atoms with Crippen LogP contribution in [0.15, 0.2) is 47.7 Å². The molecule has 1 aliphatic rings. The molecule has 0 saturated carbocycles. The van der Waals surface area contributed by atoms with Crippen LogP contribution in [0.1, 0.15) is 25.5 Å². The van der Waals surface area contributed by atoms with Crippen LogP contribution in [-0.2, 0) is 4.79 Å². The Hall–Kier alpha value is -3.20. The number of phenols is 1. The Morgan fingerprint density at radius 1 is 1.24 bits per heavy atom. The second kappa shape index (κ2) is 8.44. The van der Waals surface area contributed by atoms with Crippen molar-refractivity contribution in [3.8, 4) is 11.5 Å². The molecule has 0 radical (unpaired) electrons. The predicted molar refractivity (Wildman–Crippen MR) is 109 cm³/mol. The number of carbonyl (C=O) groups excluding carboxylic acids is 1. The number of carbonyl (C=O) groups is 1. The first-order valence-electron chi connectivity index (χ1n) is 8.80. The third kappa shape index (κ3) is 4.45. The molecule has 6 nitrogen and oxygen atoms in total. The fraction of sp³-hybridized carbons (Fsp3) is 0.200. The normalized spacial score (nSPS) is 16.1. The molecule has 0 spiro atoms. The van der Waals surface area contributed by atoms with Crippen LogP contribution in [0.2, 0.25) is 0 Å². The van der Waals surface area contributed by atoms with Crippen LogP contribution in [0, 0.1) is 11.6 Å². The smallest absolute Gasteiger partial charge is 0.255 e. The minimum absolute atomic E-state index is 0.0272. The molecule has 152 valence electrons. The van der Waals surface area contributed by atoms with Gasteiger partial charge >= 0.3 is 0 Å². The molecular weight excluding hydrogens is 400 g/mol. The minimum atomic E-state index is -1.06. The first-order chi connectivity index (χ1) is 13.8. The molecule has 3 rings (SSSR count). The monoisotopic (exact) mass is 419 g/mol. The zero-order valence-corrected chi connectivity index (χ0v) is 16.5. The molecule has 1 amide bonds. The number of nitrogens with one attached hydrogen (secondary N) is 3. The van der Waals surface area contributed by atoms with Gasteiger partial charge < -0.3 is 25.8 Å². The molecule has 4 N–H and O–H groups in total. The molecule has 0 aromatic heterocycles. The Morgan fingerprint density at radius 3 is 2.69 bits per heavy atom. The van der Waals surface area contributed by atoms with Crippen LogP contribution < -0.4 is 20.7 Å². The van der Waals surface area contributed by atoms with Crippen molar-refractivity contribution in [2.45, 2.75) is 19.9 Å². The number of amides is 1. The molecule has 0 saturated heterocycles. The van der Waals surface area contributed by atoms with Gasteiger partial charge in [0.2, 0.25) is 0 Å². The van der Waals surface area contributed by atoms with Gasteiger partial charge in [0.1, 0.15) is 0 Å². The Kier molecular flexibility index (Phi) is 5.97. The molecule has 1 heterocycles. The number of halogens is 2. The average Bonchev–Trinajstić information content (AvgIpc) is 2.66. The van der Waals surface area contributed by atoms with Crippen molar-refractivity contribution in [2.75, 3.05) is 11.9 Å². The molecule has 0 bridgehead atoms. The lowest BCUT2D eigenvalue weighted by atomic mass is 9.94. The van der Waals surface area contributed by atoms with Crippen LogP contribution >= 0.6 is 12.2 Å². The van der Waals surface area contributed by atoms with E-state index in [2.05, 4.69) is 16.0 Å². The summed E-state index contributed by atoms with van der Waals surface area (Å²) in [7, 11) is 0. The van der Waals surface area contributed by atoms with Crippen molar-refractivity contribution >= 4 is 28.9 Å². The van der Waals surface area contributed by atoms with Gasteiger partial charge in [0.05, 0.1) is 18.2 Å². The molecule has 0 fully saturated rings. The summed E-state index contributed by atoms with van der Waals surface area (Å²) >= 11 is 5.21. The third-order valence-corrected chi connectivity index (χ3v) is 4.53. The number of aromatic hydroxyl groups is 1. The average molecular weight is 419 g/mol. The van der Waals surface area contributed by atoms with Crippen molar-refractivity contribution in [1.82, 2.24) is 10.6 Å². The van der Waals surface area contributed by atoms with Crippen LogP contribution in [0.25, 0.3) is 0 Å². The van der Waals surface area contributed by atoms with Crippen LogP contribution in [-0.4, -0.2) is 22.7 Å². The lowest BCUT2D eigenvalue weighted by Gasteiger charge is -2.30. The summed E-state index contributed by atoms with van der Waals surface area (Å²) in [6, 6.07) is 7.18. The van der Waals surface area contributed by atoms with Crippen molar-refractivity contribution in [1.29, 1.82) is 0 Å². The Balaban J connectivity index is 1.96. The highest BCUT2D eigenvalue weighted by Gasteiger charge is 2.30. The van der Waals surface area contributed by atoms with Crippen molar-refractivity contribution in [3.63, 3.8) is 0 Å². The zero-order valence-electron chi connectivity index (χ0n) is 15.7. The van der Waals surface area contributed by atoms with E-state index in [1.165, 1.54) is 12.1 Å². The van der Waals surface area contributed by atoms with Gasteiger partial charge in [-0.1, -0.05) is 6.07 Å². The standard InChI is InChI=1S/C20H19F2N3O3S/c1-3-28-16-8-11(4-7-15(16)26)18-17(10(2)23-20(29)25-18)19(27)24-12-5-6-13(21)14(22)9-12/h4-9,18,26H,3H2,1-2H3,(H,24,27)(H2,23,25,29). The van der Waals surface area contributed by atoms with Crippen molar-refractivity contribution in [3.05, 3.63) is 64.9 Å². The van der Waals surface area contributed by atoms with Crippen molar-refractivity contribution < 1.29 is 23.4 Å².